The Kier molecular flexibility index (Phi) is 5.14. The Balaban J connectivity index is 1.91. The second-order valence-electron chi connectivity index (χ2n) is 7.49. The summed E-state index contributed by atoms with van der Waals surface area (Å²) in [6.07, 6.45) is -1.33. The van der Waals surface area contributed by atoms with Gasteiger partial charge in [0, 0.05) is 11.1 Å². The Hall–Kier alpha value is -4.37. The van der Waals surface area contributed by atoms with Gasteiger partial charge in [0.05, 0.1) is 0 Å². The van der Waals surface area contributed by atoms with Crippen LogP contribution >= 0.6 is 0 Å². The molecule has 0 aliphatic carbocycles. The summed E-state index contributed by atoms with van der Waals surface area (Å²) < 4.78 is 5.26. The number of hydrogen-bond acceptors (Lipinski definition) is 2. The summed E-state index contributed by atoms with van der Waals surface area (Å²) in [5, 5.41) is 11.7. The lowest BCUT2D eigenvalue weighted by atomic mass is 9.85. The average molecular weight is 416 g/mol. The van der Waals surface area contributed by atoms with Crippen LogP contribution in [0.25, 0.3) is 44.2 Å². The van der Waals surface area contributed by atoms with Gasteiger partial charge in [-0.15, -0.1) is 0 Å². The van der Waals surface area contributed by atoms with E-state index in [1.54, 1.807) is 6.07 Å². The van der Waals surface area contributed by atoms with Crippen LogP contribution in [-0.2, 0) is 0 Å². The highest BCUT2D eigenvalue weighted by molar-refractivity contribution is 6.05. The number of fused-ring (bicyclic) bond motifs is 1. The largest absolute Gasteiger partial charge is 0.511 e. The van der Waals surface area contributed by atoms with Crippen molar-refractivity contribution >= 4 is 16.9 Å². The van der Waals surface area contributed by atoms with E-state index in [4.69, 9.17) is 4.74 Å². The molecule has 154 valence electrons. The van der Waals surface area contributed by atoms with Crippen LogP contribution in [0.3, 0.4) is 0 Å². The van der Waals surface area contributed by atoms with Gasteiger partial charge in [0.25, 0.3) is 0 Å². The molecule has 0 unspecified atom stereocenters. The van der Waals surface area contributed by atoms with E-state index in [2.05, 4.69) is 30.3 Å². The van der Waals surface area contributed by atoms with Crippen LogP contribution in [-0.4, -0.2) is 11.3 Å². The summed E-state index contributed by atoms with van der Waals surface area (Å²) >= 11 is 0. The molecular formula is C29H20O3. The predicted octanol–water partition coefficient (Wildman–Crippen LogP) is 7.90. The van der Waals surface area contributed by atoms with Gasteiger partial charge in [-0.05, 0) is 45.2 Å². The number of rotatable bonds is 4. The van der Waals surface area contributed by atoms with Crippen molar-refractivity contribution in [3.63, 3.8) is 0 Å². The topological polar surface area (TPSA) is 46.5 Å². The fraction of sp³-hybridized carbons (Fsp3) is 0. The Morgan fingerprint density at radius 1 is 0.562 bits per heavy atom. The number of benzene rings is 5. The van der Waals surface area contributed by atoms with Crippen molar-refractivity contribution in [2.75, 3.05) is 0 Å². The molecule has 0 aromatic heterocycles. The van der Waals surface area contributed by atoms with Gasteiger partial charge in [0.2, 0.25) is 0 Å². The maximum atomic E-state index is 11.5. The number of hydrogen-bond donors (Lipinski definition) is 1. The molecule has 1 N–H and O–H groups in total. The third kappa shape index (κ3) is 3.61. The lowest BCUT2D eigenvalue weighted by molar-refractivity contribution is 0.144. The zero-order valence-electron chi connectivity index (χ0n) is 17.2. The summed E-state index contributed by atoms with van der Waals surface area (Å²) in [5.41, 5.74) is 5.68. The second-order valence-corrected chi connectivity index (χ2v) is 7.49. The summed E-state index contributed by atoms with van der Waals surface area (Å²) in [7, 11) is 0. The van der Waals surface area contributed by atoms with E-state index in [0.29, 0.717) is 5.75 Å². The SMILES string of the molecule is O=C(O)Oc1ccc(-c2cccc3ccccc23)c(-c2ccccc2)c1-c1ccccc1. The molecule has 5 aromatic rings. The quantitative estimate of drug-likeness (QED) is 0.239. The van der Waals surface area contributed by atoms with Crippen molar-refractivity contribution in [2.24, 2.45) is 0 Å². The summed E-state index contributed by atoms with van der Waals surface area (Å²) in [6, 6.07) is 38.1. The first kappa shape index (κ1) is 19.6. The van der Waals surface area contributed by atoms with E-state index >= 15 is 0 Å². The predicted molar refractivity (Wildman–Crippen MR) is 129 cm³/mol. The molecule has 0 radical (unpaired) electrons. The fourth-order valence-corrected chi connectivity index (χ4v) is 4.24. The molecule has 0 fully saturated rings. The molecule has 0 heterocycles. The van der Waals surface area contributed by atoms with Crippen molar-refractivity contribution < 1.29 is 14.6 Å². The molecule has 0 saturated carbocycles. The standard InChI is InChI=1S/C29H20O3/c30-29(31)32-26-19-18-25(24-17-9-15-20-10-7-8-16-23(20)24)27(21-11-3-1-4-12-21)28(26)22-13-5-2-6-14-22/h1-19H,(H,30,31). The number of ether oxygens (including phenoxy) is 1. The molecule has 0 saturated heterocycles. The van der Waals surface area contributed by atoms with Crippen LogP contribution < -0.4 is 4.74 Å². The number of carboxylic acid groups (broad SMARTS) is 1. The summed E-state index contributed by atoms with van der Waals surface area (Å²) in [6.45, 7) is 0. The van der Waals surface area contributed by atoms with Gasteiger partial charge in [0.1, 0.15) is 5.75 Å². The van der Waals surface area contributed by atoms with Crippen molar-refractivity contribution in [2.45, 2.75) is 0 Å². The van der Waals surface area contributed by atoms with Crippen LogP contribution in [0.2, 0.25) is 0 Å². The van der Waals surface area contributed by atoms with E-state index in [1.807, 2.05) is 78.9 Å². The zero-order chi connectivity index (χ0) is 21.9. The normalized spacial score (nSPS) is 10.8. The highest BCUT2D eigenvalue weighted by atomic mass is 16.7. The molecule has 5 aromatic carbocycles. The molecule has 0 atom stereocenters. The summed E-state index contributed by atoms with van der Waals surface area (Å²) in [5.74, 6) is 0.312. The van der Waals surface area contributed by atoms with Crippen molar-refractivity contribution in [1.29, 1.82) is 0 Å². The van der Waals surface area contributed by atoms with Gasteiger partial charge in [-0.3, -0.25) is 0 Å². The van der Waals surface area contributed by atoms with Gasteiger partial charge in [-0.2, -0.15) is 0 Å². The van der Waals surface area contributed by atoms with Gasteiger partial charge in [-0.25, -0.2) is 4.79 Å². The van der Waals surface area contributed by atoms with Gasteiger partial charge in [0.15, 0.2) is 0 Å². The lowest BCUT2D eigenvalue weighted by Crippen LogP contribution is -2.05. The average Bonchev–Trinajstić information content (AvgIpc) is 2.84. The smallest absolute Gasteiger partial charge is 0.449 e. The third-order valence-corrected chi connectivity index (χ3v) is 5.57. The molecule has 0 aliphatic rings. The first-order chi connectivity index (χ1) is 15.7. The molecule has 0 spiro atoms. The van der Waals surface area contributed by atoms with Crippen molar-refractivity contribution in [1.82, 2.24) is 0 Å². The maximum Gasteiger partial charge on any atom is 0.511 e. The third-order valence-electron chi connectivity index (χ3n) is 5.57. The molecule has 0 bridgehead atoms. The maximum absolute atomic E-state index is 11.5. The summed E-state index contributed by atoms with van der Waals surface area (Å²) in [4.78, 5) is 11.5. The van der Waals surface area contributed by atoms with Gasteiger partial charge in [-0.1, -0.05) is 103 Å². The first-order valence-electron chi connectivity index (χ1n) is 10.4. The lowest BCUT2D eigenvalue weighted by Gasteiger charge is -2.20. The Bertz CT molecular complexity index is 1400. The van der Waals surface area contributed by atoms with E-state index < -0.39 is 6.16 Å². The van der Waals surface area contributed by atoms with Gasteiger partial charge >= 0.3 is 6.16 Å². The Morgan fingerprint density at radius 3 is 1.84 bits per heavy atom. The molecule has 5 rings (SSSR count). The second kappa shape index (κ2) is 8.40. The molecule has 0 aliphatic heterocycles. The van der Waals surface area contributed by atoms with Crippen LogP contribution in [0, 0.1) is 0 Å². The van der Waals surface area contributed by atoms with Crippen molar-refractivity contribution in [3.05, 3.63) is 115 Å². The molecule has 3 heteroatoms. The first-order valence-corrected chi connectivity index (χ1v) is 10.4. The Labute approximate surface area is 186 Å². The minimum atomic E-state index is -1.33. The minimum absolute atomic E-state index is 0.312. The van der Waals surface area contributed by atoms with Crippen LogP contribution in [0.5, 0.6) is 5.75 Å². The highest BCUT2D eigenvalue weighted by Crippen LogP contribution is 2.46. The van der Waals surface area contributed by atoms with Gasteiger partial charge < -0.3 is 9.84 Å². The molecular weight excluding hydrogens is 396 g/mol. The van der Waals surface area contributed by atoms with Crippen LogP contribution in [0.1, 0.15) is 0 Å². The van der Waals surface area contributed by atoms with E-state index in [9.17, 15) is 9.90 Å². The van der Waals surface area contributed by atoms with Crippen LogP contribution in [0.15, 0.2) is 115 Å². The van der Waals surface area contributed by atoms with E-state index in [0.717, 1.165) is 44.2 Å². The molecule has 0 amide bonds. The van der Waals surface area contributed by atoms with Crippen molar-refractivity contribution in [3.8, 4) is 39.1 Å². The Morgan fingerprint density at radius 2 is 1.16 bits per heavy atom. The fourth-order valence-electron chi connectivity index (χ4n) is 4.24. The van der Waals surface area contributed by atoms with E-state index in [1.165, 1.54) is 0 Å². The minimum Gasteiger partial charge on any atom is -0.449 e. The molecule has 3 nitrogen and oxygen atoms in total. The monoisotopic (exact) mass is 416 g/mol. The number of carbonyl (C=O) groups is 1. The van der Waals surface area contributed by atoms with E-state index in [-0.39, 0.29) is 0 Å². The molecule has 32 heavy (non-hydrogen) atoms. The van der Waals surface area contributed by atoms with Crippen LogP contribution in [0.4, 0.5) is 4.79 Å². The highest BCUT2D eigenvalue weighted by Gasteiger charge is 2.21. The zero-order valence-corrected chi connectivity index (χ0v) is 17.2.